The minimum Gasteiger partial charge on any atom is -0.493 e. The average molecular weight is 712 g/mol. The molecule has 10 rings (SSSR count). The van der Waals surface area contributed by atoms with E-state index in [1.807, 2.05) is 42.5 Å². The minimum absolute atomic E-state index is 0.0186. The first-order chi connectivity index (χ1) is 26.6. The molecule has 1 aromatic heterocycles. The molecule has 5 heterocycles. The van der Waals surface area contributed by atoms with Crippen LogP contribution in [0.1, 0.15) is 70.8 Å². The molecule has 0 saturated heterocycles. The highest BCUT2D eigenvalue weighted by Gasteiger charge is 2.43. The summed E-state index contributed by atoms with van der Waals surface area (Å²) in [7, 11) is 3.29. The summed E-state index contributed by atoms with van der Waals surface area (Å²) in [6.07, 6.45) is 4.31. The predicted octanol–water partition coefficient (Wildman–Crippen LogP) is 9.25. The first kappa shape index (κ1) is 32.1. The van der Waals surface area contributed by atoms with Gasteiger partial charge in [0.15, 0.2) is 11.5 Å². The quantitative estimate of drug-likeness (QED) is 0.163. The number of nitrogens with zero attached hydrogens (tertiary/aromatic N) is 5. The lowest BCUT2D eigenvalue weighted by Gasteiger charge is -2.38. The molecule has 4 aliphatic heterocycles. The van der Waals surface area contributed by atoms with Crippen molar-refractivity contribution in [3.8, 4) is 34.1 Å². The Morgan fingerprint density at radius 3 is 1.93 bits per heavy atom. The average Bonchev–Trinajstić information content (AvgIpc) is 3.90. The third-order valence-corrected chi connectivity index (χ3v) is 10.8. The van der Waals surface area contributed by atoms with Crippen LogP contribution in [-0.2, 0) is 0 Å². The fourth-order valence-corrected chi connectivity index (χ4v) is 8.13. The second-order valence-electron chi connectivity index (χ2n) is 13.9. The van der Waals surface area contributed by atoms with Gasteiger partial charge in [0.1, 0.15) is 11.5 Å². The van der Waals surface area contributed by atoms with Gasteiger partial charge < -0.3 is 18.9 Å². The summed E-state index contributed by atoms with van der Waals surface area (Å²) in [5.41, 5.74) is 10.5. The van der Waals surface area contributed by atoms with Gasteiger partial charge in [-0.15, -0.1) is 0 Å². The van der Waals surface area contributed by atoms with Gasteiger partial charge in [-0.2, -0.15) is 10.2 Å². The standard InChI is InChI=1S/C45H37N5O4/c1-51-41-18-16-32(25-43(41)52-2)37-27-39-35-17-15-31(24-42(35)54-44(49(39)48-37)29-19-21-46-22-20-29)30-11-8-12-33(23-30)45-50-38(34-13-6-7-14-40(34)53-45)26-36(47-50)28-9-4-3-5-10-28/h3-25,38-39,44-45H,26-27H2,1-2H3. The SMILES string of the molecule is COc1ccc(C2=NN3C(C2)c2ccc(-c4cccc(C5Oc6ccccc6C6CC(c7ccccc7)=NN65)c4)cc2OC3c2ccncc2)cc1OC. The van der Waals surface area contributed by atoms with Crippen molar-refractivity contribution in [2.24, 2.45) is 10.2 Å². The highest BCUT2D eigenvalue weighted by atomic mass is 16.5. The third kappa shape index (κ3) is 5.43. The monoisotopic (exact) mass is 711 g/mol. The molecule has 0 spiro atoms. The van der Waals surface area contributed by atoms with Gasteiger partial charge >= 0.3 is 0 Å². The third-order valence-electron chi connectivity index (χ3n) is 10.8. The van der Waals surface area contributed by atoms with Crippen molar-refractivity contribution in [1.29, 1.82) is 0 Å². The first-order valence-electron chi connectivity index (χ1n) is 18.2. The van der Waals surface area contributed by atoms with Gasteiger partial charge in [0.2, 0.25) is 12.5 Å². The largest absolute Gasteiger partial charge is 0.493 e. The molecule has 0 amide bonds. The summed E-state index contributed by atoms with van der Waals surface area (Å²) in [6.45, 7) is 0. The number of fused-ring (bicyclic) bond motifs is 6. The fraction of sp³-hybridized carbons (Fsp3) is 0.178. The van der Waals surface area contributed by atoms with Gasteiger partial charge in [-0.25, -0.2) is 10.0 Å². The number of aromatic nitrogens is 1. The van der Waals surface area contributed by atoms with Crippen LogP contribution in [0.2, 0.25) is 0 Å². The van der Waals surface area contributed by atoms with Gasteiger partial charge in [-0.3, -0.25) is 4.98 Å². The van der Waals surface area contributed by atoms with Gasteiger partial charge in [-0.05, 0) is 65.2 Å². The highest BCUT2D eigenvalue weighted by molar-refractivity contribution is 6.03. The van der Waals surface area contributed by atoms with Crippen molar-refractivity contribution >= 4 is 11.4 Å². The lowest BCUT2D eigenvalue weighted by atomic mass is 9.93. The van der Waals surface area contributed by atoms with Crippen LogP contribution in [-0.4, -0.2) is 40.6 Å². The van der Waals surface area contributed by atoms with E-state index < -0.39 is 6.23 Å². The molecule has 0 radical (unpaired) electrons. The molecule has 0 saturated carbocycles. The lowest BCUT2D eigenvalue weighted by molar-refractivity contribution is -0.0190. The van der Waals surface area contributed by atoms with Crippen molar-refractivity contribution in [2.45, 2.75) is 37.4 Å². The molecule has 0 bridgehead atoms. The number of para-hydroxylation sites is 1. The van der Waals surface area contributed by atoms with Crippen molar-refractivity contribution in [3.05, 3.63) is 173 Å². The number of ether oxygens (including phenoxy) is 4. The Hall–Kier alpha value is -6.61. The molecule has 6 aromatic rings. The van der Waals surface area contributed by atoms with Crippen molar-refractivity contribution < 1.29 is 18.9 Å². The Balaban J connectivity index is 0.997. The molecule has 54 heavy (non-hydrogen) atoms. The molecule has 0 N–H and O–H groups in total. The summed E-state index contributed by atoms with van der Waals surface area (Å²) in [5, 5.41) is 14.6. The number of hydrogen-bond acceptors (Lipinski definition) is 9. The second kappa shape index (κ2) is 13.1. The molecule has 0 fully saturated rings. The Morgan fingerprint density at radius 1 is 0.519 bits per heavy atom. The number of pyridine rings is 1. The Morgan fingerprint density at radius 2 is 1.15 bits per heavy atom. The van der Waals surface area contributed by atoms with Gasteiger partial charge in [0, 0.05) is 53.1 Å². The fourth-order valence-electron chi connectivity index (χ4n) is 8.13. The minimum atomic E-state index is -0.427. The maximum Gasteiger partial charge on any atom is 0.213 e. The van der Waals surface area contributed by atoms with E-state index in [9.17, 15) is 0 Å². The van der Waals surface area contributed by atoms with Crippen LogP contribution in [0.4, 0.5) is 0 Å². The number of hydrogen-bond donors (Lipinski definition) is 0. The van der Waals surface area contributed by atoms with E-state index >= 15 is 0 Å². The Labute approximate surface area is 313 Å². The maximum atomic E-state index is 6.85. The van der Waals surface area contributed by atoms with E-state index in [2.05, 4.69) is 99.9 Å². The topological polar surface area (TPSA) is 81.0 Å². The predicted molar refractivity (Wildman–Crippen MR) is 207 cm³/mol. The van der Waals surface area contributed by atoms with Gasteiger partial charge in [0.05, 0.1) is 37.7 Å². The number of benzene rings is 5. The molecular formula is C45H37N5O4. The highest BCUT2D eigenvalue weighted by Crippen LogP contribution is 2.50. The first-order valence-corrected chi connectivity index (χ1v) is 18.2. The normalized spacial score (nSPS) is 20.7. The van der Waals surface area contributed by atoms with E-state index in [-0.39, 0.29) is 18.3 Å². The van der Waals surface area contributed by atoms with Crippen LogP contribution in [0, 0.1) is 0 Å². The van der Waals surface area contributed by atoms with Crippen LogP contribution in [0.15, 0.2) is 150 Å². The number of methoxy groups -OCH3 is 2. The van der Waals surface area contributed by atoms with E-state index in [0.717, 1.165) is 73.9 Å². The molecule has 4 unspecified atom stereocenters. The Bertz CT molecular complexity index is 2430. The molecule has 9 heteroatoms. The van der Waals surface area contributed by atoms with Crippen LogP contribution in [0.3, 0.4) is 0 Å². The van der Waals surface area contributed by atoms with Crippen LogP contribution in [0.25, 0.3) is 11.1 Å². The van der Waals surface area contributed by atoms with Crippen molar-refractivity contribution in [2.75, 3.05) is 14.2 Å². The zero-order chi connectivity index (χ0) is 36.2. The van der Waals surface area contributed by atoms with Crippen LogP contribution in [0.5, 0.6) is 23.0 Å². The van der Waals surface area contributed by atoms with E-state index in [1.54, 1.807) is 26.6 Å². The van der Waals surface area contributed by atoms with Crippen LogP contribution < -0.4 is 18.9 Å². The molecule has 266 valence electrons. The summed E-state index contributed by atoms with van der Waals surface area (Å²) in [5.74, 6) is 3.09. The van der Waals surface area contributed by atoms with Crippen molar-refractivity contribution in [1.82, 2.24) is 15.0 Å². The summed E-state index contributed by atoms with van der Waals surface area (Å²) in [4.78, 5) is 4.26. The van der Waals surface area contributed by atoms with E-state index in [1.165, 1.54) is 0 Å². The Kier molecular flexibility index (Phi) is 7.79. The second-order valence-corrected chi connectivity index (χ2v) is 13.9. The summed E-state index contributed by atoms with van der Waals surface area (Å²) in [6, 6.07) is 43.9. The molecule has 0 aliphatic carbocycles. The molecular weight excluding hydrogens is 675 g/mol. The maximum absolute atomic E-state index is 6.85. The lowest BCUT2D eigenvalue weighted by Crippen LogP contribution is -2.33. The van der Waals surface area contributed by atoms with Gasteiger partial charge in [0.25, 0.3) is 0 Å². The zero-order valence-corrected chi connectivity index (χ0v) is 29.9. The number of rotatable bonds is 7. The van der Waals surface area contributed by atoms with Crippen molar-refractivity contribution in [3.63, 3.8) is 0 Å². The van der Waals surface area contributed by atoms with E-state index in [4.69, 9.17) is 29.2 Å². The van der Waals surface area contributed by atoms with Gasteiger partial charge in [-0.1, -0.05) is 78.9 Å². The summed E-state index contributed by atoms with van der Waals surface area (Å²) < 4.78 is 24.7. The van der Waals surface area contributed by atoms with E-state index in [0.29, 0.717) is 17.9 Å². The molecule has 5 aromatic carbocycles. The van der Waals surface area contributed by atoms with Crippen LogP contribution >= 0.6 is 0 Å². The smallest absolute Gasteiger partial charge is 0.213 e. The molecule has 4 atom stereocenters. The molecule has 9 nitrogen and oxygen atoms in total. The summed E-state index contributed by atoms with van der Waals surface area (Å²) >= 11 is 0. The zero-order valence-electron chi connectivity index (χ0n) is 29.9. The number of hydrazone groups is 2. The molecule has 4 aliphatic rings.